The van der Waals surface area contributed by atoms with Crippen molar-refractivity contribution < 1.29 is 23.7 Å². The van der Waals surface area contributed by atoms with Crippen LogP contribution in [0.15, 0.2) is 41.4 Å². The zero-order valence-electron chi connectivity index (χ0n) is 17.3. The molecule has 0 saturated carbocycles. The van der Waals surface area contributed by atoms with Crippen molar-refractivity contribution in [3.05, 3.63) is 42.0 Å². The lowest BCUT2D eigenvalue weighted by Crippen LogP contribution is -2.62. The molecule has 156 valence electrons. The minimum atomic E-state index is -0.620. The average molecular weight is 410 g/mol. The summed E-state index contributed by atoms with van der Waals surface area (Å²) in [6.45, 7) is 9.13. The molecule has 1 aromatic rings. The van der Waals surface area contributed by atoms with E-state index in [-0.39, 0.29) is 18.4 Å². The van der Waals surface area contributed by atoms with Gasteiger partial charge >= 0.3 is 18.0 Å². The van der Waals surface area contributed by atoms with Gasteiger partial charge in [-0.25, -0.2) is 19.1 Å². The van der Waals surface area contributed by atoms with Crippen LogP contribution in [0.1, 0.15) is 24.2 Å². The number of likely N-dealkylation sites (N-methyl/N-ethyl adjacent to an activating group) is 1. The van der Waals surface area contributed by atoms with Crippen molar-refractivity contribution in [2.45, 2.75) is 19.9 Å². The molecular formula is C21H24N5O4+. The Balaban J connectivity index is 1.63. The maximum Gasteiger partial charge on any atom is 0.397 e. The second-order valence-corrected chi connectivity index (χ2v) is 7.51. The van der Waals surface area contributed by atoms with Gasteiger partial charge in [0.1, 0.15) is 12.2 Å². The Kier molecular flexibility index (Phi) is 4.89. The van der Waals surface area contributed by atoms with Gasteiger partial charge in [0.2, 0.25) is 11.9 Å². The van der Waals surface area contributed by atoms with Crippen LogP contribution in [0.25, 0.3) is 0 Å². The number of amidine groups is 1. The first-order chi connectivity index (χ1) is 14.3. The maximum atomic E-state index is 13.1. The quantitative estimate of drug-likeness (QED) is 0.415. The summed E-state index contributed by atoms with van der Waals surface area (Å²) < 4.78 is 6.95. The number of carbonyl (C=O) groups excluding carboxylic acids is 3. The fourth-order valence-corrected chi connectivity index (χ4v) is 3.91. The molecule has 0 aliphatic carbocycles. The number of rotatable bonds is 5. The Bertz CT molecular complexity index is 1010. The predicted octanol–water partition coefficient (Wildman–Crippen LogP) is 1.30. The molecule has 1 aromatic carbocycles. The zero-order chi connectivity index (χ0) is 21.6. The first-order valence-electron chi connectivity index (χ1n) is 9.83. The Hall–Kier alpha value is -3.49. The fraction of sp³-hybridized carbons (Fsp3) is 0.381. The second-order valence-electron chi connectivity index (χ2n) is 7.51. The standard InChI is InChI=1S/C21H24N5O4/c1-5-30-19(28)14-6-8-15(9-7-14)24-10-11-25-16-17(22-20(24)25)23(4)21(29)26(18(16)27)12-13(2)3/h6-9,16H,2,5,10-12H2,1,3-4H3/q+1. The largest absolute Gasteiger partial charge is 0.462 e. The molecule has 9 heteroatoms. The van der Waals surface area contributed by atoms with E-state index in [1.54, 1.807) is 33.0 Å². The van der Waals surface area contributed by atoms with E-state index in [1.807, 2.05) is 21.6 Å². The summed E-state index contributed by atoms with van der Waals surface area (Å²) in [7, 11) is 1.63. The molecule has 3 heterocycles. The predicted molar refractivity (Wildman–Crippen MR) is 111 cm³/mol. The lowest BCUT2D eigenvalue weighted by atomic mass is 10.1. The Morgan fingerprint density at radius 2 is 2.00 bits per heavy atom. The molecule has 3 aliphatic heterocycles. The van der Waals surface area contributed by atoms with Gasteiger partial charge in [-0.3, -0.25) is 14.6 Å². The van der Waals surface area contributed by atoms with E-state index < -0.39 is 12.1 Å². The highest BCUT2D eigenvalue weighted by atomic mass is 16.5. The van der Waals surface area contributed by atoms with Gasteiger partial charge in [-0.15, -0.1) is 0 Å². The van der Waals surface area contributed by atoms with Gasteiger partial charge in [-0.1, -0.05) is 17.1 Å². The van der Waals surface area contributed by atoms with Gasteiger partial charge < -0.3 is 4.74 Å². The van der Waals surface area contributed by atoms with Crippen molar-refractivity contribution in [3.63, 3.8) is 0 Å². The summed E-state index contributed by atoms with van der Waals surface area (Å²) in [6, 6.07) is 6.06. The number of urea groups is 1. The number of benzene rings is 1. The van der Waals surface area contributed by atoms with Crippen LogP contribution < -0.4 is 4.90 Å². The smallest absolute Gasteiger partial charge is 0.397 e. The zero-order valence-corrected chi connectivity index (χ0v) is 17.3. The van der Waals surface area contributed by atoms with Gasteiger partial charge in [0, 0.05) is 7.05 Å². The molecule has 9 nitrogen and oxygen atoms in total. The summed E-state index contributed by atoms with van der Waals surface area (Å²) in [6.07, 6.45) is 0. The van der Waals surface area contributed by atoms with Crippen LogP contribution in [0.4, 0.5) is 10.5 Å². The van der Waals surface area contributed by atoms with E-state index in [2.05, 4.69) is 11.6 Å². The van der Waals surface area contributed by atoms with Crippen LogP contribution in [0.5, 0.6) is 0 Å². The molecule has 30 heavy (non-hydrogen) atoms. The minimum absolute atomic E-state index is 0.188. The highest BCUT2D eigenvalue weighted by molar-refractivity contribution is 6.24. The van der Waals surface area contributed by atoms with Gasteiger partial charge in [0.25, 0.3) is 5.91 Å². The van der Waals surface area contributed by atoms with Crippen molar-refractivity contribution >= 4 is 35.4 Å². The van der Waals surface area contributed by atoms with Crippen molar-refractivity contribution in [2.75, 3.05) is 38.2 Å². The van der Waals surface area contributed by atoms with Crippen molar-refractivity contribution in [1.82, 2.24) is 9.80 Å². The molecule has 1 unspecified atom stereocenters. The first kappa shape index (κ1) is 19.8. The van der Waals surface area contributed by atoms with Crippen LogP contribution in [-0.2, 0) is 9.53 Å². The number of nitrogens with zero attached hydrogens (tertiary/aromatic N) is 5. The van der Waals surface area contributed by atoms with Crippen LogP contribution in [0, 0.1) is 0 Å². The summed E-state index contributed by atoms with van der Waals surface area (Å²) in [4.78, 5) is 46.9. The lowest BCUT2D eigenvalue weighted by molar-refractivity contribution is -0.525. The topological polar surface area (TPSA) is 85.5 Å². The number of hydrogen-bond donors (Lipinski definition) is 0. The van der Waals surface area contributed by atoms with E-state index >= 15 is 0 Å². The third kappa shape index (κ3) is 3.06. The molecule has 0 radical (unpaired) electrons. The van der Waals surface area contributed by atoms with Crippen molar-refractivity contribution in [3.8, 4) is 0 Å². The number of aliphatic imine (C=N–C) groups is 1. The third-order valence-electron chi connectivity index (χ3n) is 5.31. The molecule has 4 rings (SSSR count). The summed E-state index contributed by atoms with van der Waals surface area (Å²) in [5, 5.41) is 0. The summed E-state index contributed by atoms with van der Waals surface area (Å²) in [5.74, 6) is 0.416. The first-order valence-corrected chi connectivity index (χ1v) is 9.83. The number of ether oxygens (including phenoxy) is 1. The average Bonchev–Trinajstić information content (AvgIpc) is 3.29. The third-order valence-corrected chi connectivity index (χ3v) is 5.31. The Morgan fingerprint density at radius 1 is 1.30 bits per heavy atom. The number of fused-ring (bicyclic) bond motifs is 2. The van der Waals surface area contributed by atoms with Crippen LogP contribution in [0.3, 0.4) is 0 Å². The van der Waals surface area contributed by atoms with Crippen LogP contribution in [-0.4, -0.2) is 83.4 Å². The van der Waals surface area contributed by atoms with E-state index in [1.165, 1.54) is 9.80 Å². The van der Waals surface area contributed by atoms with E-state index in [4.69, 9.17) is 4.74 Å². The molecule has 1 saturated heterocycles. The molecular weight excluding hydrogens is 386 g/mol. The van der Waals surface area contributed by atoms with Crippen LogP contribution in [0.2, 0.25) is 0 Å². The van der Waals surface area contributed by atoms with Crippen molar-refractivity contribution in [2.24, 2.45) is 4.99 Å². The molecule has 1 atom stereocenters. The summed E-state index contributed by atoms with van der Waals surface area (Å²) in [5.41, 5.74) is 2.06. The van der Waals surface area contributed by atoms with Crippen LogP contribution >= 0.6 is 0 Å². The fourth-order valence-electron chi connectivity index (χ4n) is 3.91. The molecule has 0 N–H and O–H groups in total. The molecule has 0 aromatic heterocycles. The van der Waals surface area contributed by atoms with E-state index in [9.17, 15) is 14.4 Å². The number of imide groups is 1. The number of anilines is 1. The minimum Gasteiger partial charge on any atom is -0.462 e. The van der Waals surface area contributed by atoms with Gasteiger partial charge in [0.15, 0.2) is 0 Å². The highest BCUT2D eigenvalue weighted by Gasteiger charge is 2.55. The van der Waals surface area contributed by atoms with E-state index in [0.29, 0.717) is 37.1 Å². The number of hydrogen-bond acceptors (Lipinski definition) is 6. The molecule has 1 fully saturated rings. The number of amides is 3. The van der Waals surface area contributed by atoms with Gasteiger partial charge in [-0.05, 0) is 38.1 Å². The van der Waals surface area contributed by atoms with Gasteiger partial charge in [-0.2, -0.15) is 0 Å². The highest BCUT2D eigenvalue weighted by Crippen LogP contribution is 2.27. The monoisotopic (exact) mass is 410 g/mol. The number of guanidine groups is 1. The second kappa shape index (κ2) is 7.40. The molecule has 3 aliphatic rings. The Labute approximate surface area is 174 Å². The molecule has 0 bridgehead atoms. The SMILES string of the molecule is C=C(C)CN1C(=O)C2C(=NC3=[N+]2CCN3c2ccc(C(=O)OCC)cc2)N(C)C1=O. The lowest BCUT2D eigenvalue weighted by Gasteiger charge is -2.34. The molecule has 3 amide bonds. The maximum absolute atomic E-state index is 13.1. The summed E-state index contributed by atoms with van der Waals surface area (Å²) >= 11 is 0. The normalized spacial score (nSPS) is 20.4. The molecule has 0 spiro atoms. The number of carbonyl (C=O) groups is 3. The van der Waals surface area contributed by atoms with Crippen molar-refractivity contribution in [1.29, 1.82) is 0 Å². The Morgan fingerprint density at radius 3 is 2.63 bits per heavy atom. The van der Waals surface area contributed by atoms with E-state index in [0.717, 1.165) is 11.3 Å². The number of esters is 1. The van der Waals surface area contributed by atoms with Gasteiger partial charge in [0.05, 0.1) is 25.3 Å².